The number of aromatic hydroxyl groups is 1. The lowest BCUT2D eigenvalue weighted by molar-refractivity contribution is 0.0697. The Balaban J connectivity index is 1.35. The molecular formula is C35H28N8O15S3. The smallest absolute Gasteiger partial charge is 0.338 e. The molecule has 61 heavy (non-hydrogen) atoms. The van der Waals surface area contributed by atoms with E-state index in [4.69, 9.17) is 9.47 Å². The van der Waals surface area contributed by atoms with Gasteiger partial charge in [0.15, 0.2) is 11.4 Å². The number of benzene rings is 5. The van der Waals surface area contributed by atoms with Crippen LogP contribution in [0.15, 0.2) is 129 Å². The summed E-state index contributed by atoms with van der Waals surface area (Å²) in [5.41, 5.74) is -2.07. The van der Waals surface area contributed by atoms with Crippen molar-refractivity contribution in [2.75, 3.05) is 14.2 Å². The molecule has 0 aliphatic heterocycles. The number of carboxylic acids is 1. The Hall–Kier alpha value is -7.23. The van der Waals surface area contributed by atoms with Gasteiger partial charge in [-0.1, -0.05) is 0 Å². The maximum absolute atomic E-state index is 13.4. The van der Waals surface area contributed by atoms with Gasteiger partial charge in [0.2, 0.25) is 0 Å². The zero-order valence-electron chi connectivity index (χ0n) is 31.2. The fourth-order valence-electron chi connectivity index (χ4n) is 5.57. The van der Waals surface area contributed by atoms with E-state index in [9.17, 15) is 58.7 Å². The van der Waals surface area contributed by atoms with Gasteiger partial charge in [0.1, 0.15) is 39.1 Å². The van der Waals surface area contributed by atoms with Gasteiger partial charge >= 0.3 is 5.97 Å². The molecule has 6 aromatic rings. The molecule has 6 rings (SSSR count). The van der Waals surface area contributed by atoms with Crippen LogP contribution in [-0.2, 0) is 30.4 Å². The Morgan fingerprint density at radius 2 is 1.21 bits per heavy atom. The quantitative estimate of drug-likeness (QED) is 0.0500. The number of phenols is 1. The van der Waals surface area contributed by atoms with Crippen LogP contribution in [0.3, 0.4) is 0 Å². The molecule has 0 aliphatic carbocycles. The fraction of sp³-hybridized carbons (Fsp3) is 0.0857. The third kappa shape index (κ3) is 9.17. The van der Waals surface area contributed by atoms with E-state index in [0.29, 0.717) is 6.07 Å². The van der Waals surface area contributed by atoms with Gasteiger partial charge in [-0.15, -0.1) is 25.6 Å². The first kappa shape index (κ1) is 43.4. The highest BCUT2D eigenvalue weighted by atomic mass is 32.2. The summed E-state index contributed by atoms with van der Waals surface area (Å²) in [6.07, 6.45) is 0. The van der Waals surface area contributed by atoms with Crippen LogP contribution in [0.5, 0.6) is 17.2 Å². The molecule has 0 saturated carbocycles. The number of hydrogen-bond acceptors (Lipinski definition) is 17. The molecule has 23 nitrogen and oxygen atoms in total. The molecular weight excluding hydrogens is 869 g/mol. The molecule has 6 N–H and O–H groups in total. The normalized spacial score (nSPS) is 12.6. The Labute approximate surface area is 343 Å². The van der Waals surface area contributed by atoms with Gasteiger partial charge in [-0.2, -0.15) is 30.4 Å². The summed E-state index contributed by atoms with van der Waals surface area (Å²) in [6.45, 7) is 1.52. The zero-order valence-corrected chi connectivity index (χ0v) is 33.6. The lowest BCUT2D eigenvalue weighted by atomic mass is 10.1. The van der Waals surface area contributed by atoms with Gasteiger partial charge in [0, 0.05) is 17.5 Å². The second-order valence-corrected chi connectivity index (χ2v) is 16.6. The van der Waals surface area contributed by atoms with Crippen LogP contribution in [0.25, 0.3) is 16.5 Å². The number of aromatic carboxylic acids is 1. The first-order valence-electron chi connectivity index (χ1n) is 16.6. The Morgan fingerprint density at radius 3 is 1.77 bits per heavy atom. The fourth-order valence-corrected chi connectivity index (χ4v) is 7.21. The molecule has 5 aromatic carbocycles. The largest absolute Gasteiger partial charge is 0.505 e. The summed E-state index contributed by atoms with van der Waals surface area (Å²) in [5, 5.41) is 47.4. The molecule has 0 radical (unpaired) electrons. The van der Waals surface area contributed by atoms with E-state index in [0.717, 1.165) is 35.0 Å². The molecule has 0 spiro atoms. The van der Waals surface area contributed by atoms with Crippen LogP contribution >= 0.6 is 0 Å². The number of phenolic OH excluding ortho intramolecular Hbond substituents is 1. The Morgan fingerprint density at radius 1 is 0.656 bits per heavy atom. The molecule has 0 bridgehead atoms. The van der Waals surface area contributed by atoms with Crippen LogP contribution in [0.2, 0.25) is 0 Å². The molecule has 0 fully saturated rings. The zero-order chi connectivity index (χ0) is 44.6. The van der Waals surface area contributed by atoms with Crippen LogP contribution in [0, 0.1) is 6.92 Å². The summed E-state index contributed by atoms with van der Waals surface area (Å²) < 4.78 is 111. The number of aromatic nitrogens is 2. The highest BCUT2D eigenvalue weighted by Crippen LogP contribution is 2.45. The van der Waals surface area contributed by atoms with E-state index in [1.165, 1.54) is 63.6 Å². The molecule has 1 heterocycles. The number of carboxylic acid groups (broad SMARTS) is 1. The lowest BCUT2D eigenvalue weighted by Crippen LogP contribution is -2.14. The molecule has 0 unspecified atom stereocenters. The van der Waals surface area contributed by atoms with Crippen LogP contribution in [0.1, 0.15) is 16.1 Å². The Bertz CT molecular complexity index is 3270. The number of aryl methyl sites for hydroxylation is 1. The van der Waals surface area contributed by atoms with Gasteiger partial charge < -0.3 is 19.7 Å². The molecule has 26 heteroatoms. The number of methoxy groups -OCH3 is 2. The van der Waals surface area contributed by atoms with E-state index in [1.54, 1.807) is 0 Å². The van der Waals surface area contributed by atoms with E-state index < -0.39 is 68.7 Å². The first-order valence-corrected chi connectivity index (χ1v) is 21.0. The molecule has 316 valence electrons. The van der Waals surface area contributed by atoms with Crippen molar-refractivity contribution in [3.63, 3.8) is 0 Å². The van der Waals surface area contributed by atoms with Crippen molar-refractivity contribution in [3.05, 3.63) is 100 Å². The number of azo groups is 3. The van der Waals surface area contributed by atoms with Crippen molar-refractivity contribution >= 4 is 81.2 Å². The van der Waals surface area contributed by atoms with Gasteiger partial charge in [0.05, 0.1) is 46.6 Å². The van der Waals surface area contributed by atoms with E-state index >= 15 is 0 Å². The minimum absolute atomic E-state index is 0.0142. The topological polar surface area (TPSA) is 351 Å². The third-order valence-corrected chi connectivity index (χ3v) is 11.1. The second kappa shape index (κ2) is 16.4. The number of hydrogen-bond donors (Lipinski definition) is 6. The average Bonchev–Trinajstić information content (AvgIpc) is 3.49. The molecule has 0 saturated heterocycles. The van der Waals surface area contributed by atoms with E-state index in [-0.39, 0.29) is 67.0 Å². The number of ether oxygens (including phenoxy) is 2. The summed E-state index contributed by atoms with van der Waals surface area (Å²) >= 11 is 0. The number of nitrogens with zero attached hydrogens (tertiary/aromatic N) is 7. The van der Waals surface area contributed by atoms with Gasteiger partial charge in [-0.3, -0.25) is 23.6 Å². The van der Waals surface area contributed by atoms with E-state index in [2.05, 4.69) is 35.8 Å². The maximum atomic E-state index is 13.4. The minimum Gasteiger partial charge on any atom is -0.505 e. The van der Waals surface area contributed by atoms with Crippen LogP contribution in [-0.4, -0.2) is 79.1 Å². The Kier molecular flexibility index (Phi) is 11.7. The van der Waals surface area contributed by atoms with Gasteiger partial charge in [-0.05, 0) is 79.0 Å². The SMILES string of the molecule is COc1cc(N=Nc2c(S(=O)(=O)O)cc3cc(-n4[nH]c(C)c(N=Nc5ccc(S(=O)(=O)O)cc5)c4=O)ccc3c2O)c(OC)cc1N=Nc1ccc(S(=O)(=O)O)cc1C(=O)O. The van der Waals surface area contributed by atoms with Crippen molar-refractivity contribution in [1.82, 2.24) is 9.78 Å². The highest BCUT2D eigenvalue weighted by Gasteiger charge is 2.24. The number of H-pyrrole nitrogens is 1. The third-order valence-electron chi connectivity index (χ3n) is 8.51. The monoisotopic (exact) mass is 896 g/mol. The molecule has 0 amide bonds. The maximum Gasteiger partial charge on any atom is 0.338 e. The lowest BCUT2D eigenvalue weighted by Gasteiger charge is -2.11. The number of nitrogens with one attached hydrogen (secondary N) is 1. The number of carbonyl (C=O) groups is 1. The van der Waals surface area contributed by atoms with Crippen molar-refractivity contribution in [2.45, 2.75) is 21.6 Å². The summed E-state index contributed by atoms with van der Waals surface area (Å²) in [5.74, 6) is -2.44. The summed E-state index contributed by atoms with van der Waals surface area (Å²) in [7, 11) is -11.8. The van der Waals surface area contributed by atoms with E-state index in [1.807, 2.05) is 0 Å². The number of aromatic amines is 1. The second-order valence-electron chi connectivity index (χ2n) is 12.4. The van der Waals surface area contributed by atoms with Gasteiger partial charge in [-0.25, -0.2) is 9.48 Å². The van der Waals surface area contributed by atoms with Crippen molar-refractivity contribution in [2.24, 2.45) is 30.7 Å². The predicted molar refractivity (Wildman–Crippen MR) is 212 cm³/mol. The first-order chi connectivity index (χ1) is 28.6. The van der Waals surface area contributed by atoms with Crippen LogP contribution < -0.4 is 15.0 Å². The van der Waals surface area contributed by atoms with Crippen molar-refractivity contribution < 1.29 is 63.4 Å². The molecule has 0 atom stereocenters. The molecule has 1 aromatic heterocycles. The molecule has 0 aliphatic rings. The highest BCUT2D eigenvalue weighted by molar-refractivity contribution is 7.86. The van der Waals surface area contributed by atoms with Gasteiger partial charge in [0.25, 0.3) is 35.9 Å². The summed E-state index contributed by atoms with van der Waals surface area (Å²) in [6, 6.07) is 14.8. The van der Waals surface area contributed by atoms with Crippen molar-refractivity contribution in [1.29, 1.82) is 0 Å². The minimum atomic E-state index is -5.11. The number of fused-ring (bicyclic) bond motifs is 1. The number of rotatable bonds is 13. The standard InChI is InChI=1S/C35H28N8O15S3/c1-17-31(40-36-19-4-7-21(8-5-19)59(48,49)50)34(45)43(42-17)20-6-10-23-18(12-20)13-30(61(54,55)56)32(33(23)44)41-39-27-16-28(57-2)26(15-29(27)58-3)38-37-25-11-9-22(60(51,52)53)14-24(25)35(46)47/h4-16,42,44H,1-3H3,(H,46,47)(H,48,49,50)(H,51,52,53)(H,54,55,56). The average molecular weight is 897 g/mol. The summed E-state index contributed by atoms with van der Waals surface area (Å²) in [4.78, 5) is 23.2. The van der Waals surface area contributed by atoms with Crippen molar-refractivity contribution in [3.8, 4) is 22.9 Å². The predicted octanol–water partition coefficient (Wildman–Crippen LogP) is 7.03. The van der Waals surface area contributed by atoms with Crippen LogP contribution in [0.4, 0.5) is 34.1 Å².